The maximum atomic E-state index is 13.5. The molecule has 162 valence electrons. The summed E-state index contributed by atoms with van der Waals surface area (Å²) in [5, 5.41) is 21.3. The Kier molecular flexibility index (Phi) is 6.35. The number of nitriles is 1. The molecule has 0 aliphatic heterocycles. The highest BCUT2D eigenvalue weighted by molar-refractivity contribution is 6.13. The van der Waals surface area contributed by atoms with Gasteiger partial charge in [-0.25, -0.2) is 0 Å². The van der Waals surface area contributed by atoms with Gasteiger partial charge in [0.15, 0.2) is 5.76 Å². The van der Waals surface area contributed by atoms with E-state index in [0.29, 0.717) is 17.6 Å². The van der Waals surface area contributed by atoms with Gasteiger partial charge in [0, 0.05) is 17.5 Å². The van der Waals surface area contributed by atoms with Crippen molar-refractivity contribution in [2.24, 2.45) is 0 Å². The summed E-state index contributed by atoms with van der Waals surface area (Å²) in [6, 6.07) is 5.80. The summed E-state index contributed by atoms with van der Waals surface area (Å²) >= 11 is 0. The van der Waals surface area contributed by atoms with Crippen LogP contribution in [0.1, 0.15) is 76.5 Å². The minimum absolute atomic E-state index is 0.0526. The number of benzene rings is 1. The fourth-order valence-corrected chi connectivity index (χ4v) is 3.97. The Balaban J connectivity index is 2.18. The van der Waals surface area contributed by atoms with Crippen LogP contribution in [0.2, 0.25) is 0 Å². The molecule has 1 N–H and O–H groups in total. The SMILES string of the molecule is CCCCCCn1c(O)c(C(=O)c2oc3c(C)c(C)ccc3c2C)c(C)c(C#N)c1=O. The third-order valence-electron chi connectivity index (χ3n) is 6.09. The van der Waals surface area contributed by atoms with Gasteiger partial charge in [0.25, 0.3) is 5.56 Å². The zero-order valence-corrected chi connectivity index (χ0v) is 18.8. The summed E-state index contributed by atoms with van der Waals surface area (Å²) in [5.41, 5.74) is 2.71. The second-order valence-corrected chi connectivity index (χ2v) is 8.10. The standard InChI is InChI=1S/C25H28N2O4/c1-6-7-8-9-12-27-24(29)19(13-26)16(4)20(25(27)30)21(28)23-17(5)18-11-10-14(2)15(3)22(18)31-23/h10-11,30H,6-9,12H2,1-5H3. The van der Waals surface area contributed by atoms with E-state index >= 15 is 0 Å². The van der Waals surface area contributed by atoms with Gasteiger partial charge < -0.3 is 9.52 Å². The number of carbonyl (C=O) groups is 1. The lowest BCUT2D eigenvalue weighted by atomic mass is 9.98. The fraction of sp³-hybridized carbons (Fsp3) is 0.400. The minimum Gasteiger partial charge on any atom is -0.494 e. The number of unbranched alkanes of at least 4 members (excludes halogenated alkanes) is 3. The van der Waals surface area contributed by atoms with E-state index in [1.165, 1.54) is 6.92 Å². The third-order valence-corrected chi connectivity index (χ3v) is 6.09. The molecule has 3 aromatic rings. The maximum absolute atomic E-state index is 13.5. The van der Waals surface area contributed by atoms with Crippen LogP contribution < -0.4 is 5.56 Å². The van der Waals surface area contributed by atoms with Gasteiger partial charge in [0.1, 0.15) is 17.2 Å². The van der Waals surface area contributed by atoms with Crippen molar-refractivity contribution in [3.8, 4) is 11.9 Å². The molecule has 3 rings (SSSR count). The lowest BCUT2D eigenvalue weighted by Crippen LogP contribution is -2.27. The molecule has 6 heteroatoms. The van der Waals surface area contributed by atoms with Crippen LogP contribution in [-0.2, 0) is 6.54 Å². The van der Waals surface area contributed by atoms with Crippen LogP contribution in [0.3, 0.4) is 0 Å². The number of hydrogen-bond donors (Lipinski definition) is 1. The van der Waals surface area contributed by atoms with Crippen LogP contribution in [0.15, 0.2) is 21.3 Å². The highest BCUT2D eigenvalue weighted by atomic mass is 16.3. The van der Waals surface area contributed by atoms with Gasteiger partial charge in [-0.15, -0.1) is 0 Å². The monoisotopic (exact) mass is 420 g/mol. The average Bonchev–Trinajstić information content (AvgIpc) is 3.07. The normalized spacial score (nSPS) is 11.1. The molecule has 0 aliphatic rings. The molecular formula is C25H28N2O4. The Morgan fingerprint density at radius 3 is 2.45 bits per heavy atom. The number of fused-ring (bicyclic) bond motifs is 1. The molecule has 31 heavy (non-hydrogen) atoms. The molecule has 0 radical (unpaired) electrons. The van der Waals surface area contributed by atoms with Gasteiger partial charge in [0.2, 0.25) is 11.7 Å². The van der Waals surface area contributed by atoms with Gasteiger partial charge in [-0.1, -0.05) is 38.3 Å². The molecule has 0 saturated heterocycles. The van der Waals surface area contributed by atoms with E-state index in [9.17, 15) is 20.0 Å². The first-order valence-corrected chi connectivity index (χ1v) is 10.6. The molecule has 0 fully saturated rings. The number of furan rings is 1. The summed E-state index contributed by atoms with van der Waals surface area (Å²) in [7, 11) is 0. The topological polar surface area (TPSA) is 96.2 Å². The predicted octanol–water partition coefficient (Wildman–Crippen LogP) is 5.22. The van der Waals surface area contributed by atoms with Crippen LogP contribution >= 0.6 is 0 Å². The zero-order valence-electron chi connectivity index (χ0n) is 18.8. The molecule has 0 unspecified atom stereocenters. The first kappa shape index (κ1) is 22.4. The molecular weight excluding hydrogens is 392 g/mol. The van der Waals surface area contributed by atoms with Crippen molar-refractivity contribution in [2.75, 3.05) is 0 Å². The van der Waals surface area contributed by atoms with Crippen molar-refractivity contribution < 1.29 is 14.3 Å². The molecule has 2 heterocycles. The van der Waals surface area contributed by atoms with Gasteiger partial charge in [0.05, 0.1) is 5.56 Å². The molecule has 2 aromatic heterocycles. The Labute approximate surface area is 181 Å². The Morgan fingerprint density at radius 1 is 1.10 bits per heavy atom. The number of aromatic hydroxyl groups is 1. The van der Waals surface area contributed by atoms with E-state index in [1.54, 1.807) is 6.92 Å². The highest BCUT2D eigenvalue weighted by Gasteiger charge is 2.28. The lowest BCUT2D eigenvalue weighted by Gasteiger charge is -2.15. The Hall–Kier alpha value is -3.33. The van der Waals surface area contributed by atoms with Crippen molar-refractivity contribution in [2.45, 2.75) is 66.8 Å². The van der Waals surface area contributed by atoms with Gasteiger partial charge in [-0.2, -0.15) is 5.26 Å². The zero-order chi connectivity index (χ0) is 22.9. The molecule has 0 spiro atoms. The van der Waals surface area contributed by atoms with Crippen LogP contribution in [0.5, 0.6) is 5.88 Å². The van der Waals surface area contributed by atoms with E-state index < -0.39 is 17.2 Å². The second-order valence-electron chi connectivity index (χ2n) is 8.10. The highest BCUT2D eigenvalue weighted by Crippen LogP contribution is 2.33. The molecule has 0 atom stereocenters. The number of aromatic nitrogens is 1. The van der Waals surface area contributed by atoms with Gasteiger partial charge in [-0.05, 0) is 50.8 Å². The number of carbonyl (C=O) groups excluding carboxylic acids is 1. The Bertz CT molecular complexity index is 1270. The second kappa shape index (κ2) is 8.81. The van der Waals surface area contributed by atoms with E-state index in [2.05, 4.69) is 6.92 Å². The van der Waals surface area contributed by atoms with Gasteiger partial charge in [-0.3, -0.25) is 14.2 Å². The number of ketones is 1. The van der Waals surface area contributed by atoms with Crippen LogP contribution in [0.25, 0.3) is 11.0 Å². The summed E-state index contributed by atoms with van der Waals surface area (Å²) in [6.07, 6.45) is 3.61. The summed E-state index contributed by atoms with van der Waals surface area (Å²) in [5.74, 6) is -0.822. The van der Waals surface area contributed by atoms with Crippen molar-refractivity contribution >= 4 is 16.8 Å². The molecule has 1 aromatic carbocycles. The number of hydrogen-bond acceptors (Lipinski definition) is 5. The number of rotatable bonds is 7. The first-order valence-electron chi connectivity index (χ1n) is 10.6. The average molecular weight is 421 g/mol. The smallest absolute Gasteiger partial charge is 0.271 e. The fourth-order valence-electron chi connectivity index (χ4n) is 3.97. The minimum atomic E-state index is -0.571. The maximum Gasteiger partial charge on any atom is 0.271 e. The molecule has 0 amide bonds. The van der Waals surface area contributed by atoms with Crippen LogP contribution in [0.4, 0.5) is 0 Å². The molecule has 0 saturated carbocycles. The molecule has 0 bridgehead atoms. The van der Waals surface area contributed by atoms with Crippen molar-refractivity contribution in [3.05, 3.63) is 61.6 Å². The van der Waals surface area contributed by atoms with Crippen molar-refractivity contribution in [1.82, 2.24) is 4.57 Å². The first-order chi connectivity index (χ1) is 14.7. The lowest BCUT2D eigenvalue weighted by molar-refractivity contribution is 0.100. The number of aryl methyl sites for hydroxylation is 3. The van der Waals surface area contributed by atoms with E-state index in [0.717, 1.165) is 40.3 Å². The van der Waals surface area contributed by atoms with Crippen LogP contribution in [-0.4, -0.2) is 15.5 Å². The van der Waals surface area contributed by atoms with Gasteiger partial charge >= 0.3 is 0 Å². The third kappa shape index (κ3) is 3.76. The van der Waals surface area contributed by atoms with E-state index in [1.807, 2.05) is 32.0 Å². The van der Waals surface area contributed by atoms with Crippen LogP contribution in [0, 0.1) is 39.0 Å². The van der Waals surface area contributed by atoms with Crippen molar-refractivity contribution in [1.29, 1.82) is 5.26 Å². The van der Waals surface area contributed by atoms with Crippen molar-refractivity contribution in [3.63, 3.8) is 0 Å². The summed E-state index contributed by atoms with van der Waals surface area (Å²) < 4.78 is 7.10. The number of nitrogens with zero attached hydrogens (tertiary/aromatic N) is 2. The summed E-state index contributed by atoms with van der Waals surface area (Å²) in [4.78, 5) is 26.3. The molecule has 6 nitrogen and oxygen atoms in total. The van der Waals surface area contributed by atoms with E-state index in [-0.39, 0.29) is 29.0 Å². The largest absolute Gasteiger partial charge is 0.494 e. The number of pyridine rings is 1. The quantitative estimate of drug-likeness (QED) is 0.418. The van der Waals surface area contributed by atoms with E-state index in [4.69, 9.17) is 4.42 Å². The predicted molar refractivity (Wildman–Crippen MR) is 120 cm³/mol. The Morgan fingerprint density at radius 2 is 1.81 bits per heavy atom. The summed E-state index contributed by atoms with van der Waals surface area (Å²) in [6.45, 7) is 9.55. The molecule has 0 aliphatic carbocycles.